The normalized spacial score (nSPS) is 11.2. The number of carbonyl (C=O) groups is 1. The number of sulfone groups is 1. The van der Waals surface area contributed by atoms with Crippen molar-refractivity contribution in [1.29, 1.82) is 0 Å². The zero-order valence-corrected chi connectivity index (χ0v) is 11.8. The third-order valence-corrected chi connectivity index (χ3v) is 3.87. The Morgan fingerprint density at radius 2 is 2.05 bits per heavy atom. The number of nitrogens with one attached hydrogen (secondary N) is 1. The highest BCUT2D eigenvalue weighted by Crippen LogP contribution is 2.11. The molecule has 0 spiro atoms. The maximum absolute atomic E-state index is 11.9. The Kier molecular flexibility index (Phi) is 4.24. The monoisotopic (exact) mass is 293 g/mol. The molecule has 0 aliphatic rings. The molecule has 0 radical (unpaired) electrons. The molecular formula is C14H15NO4S. The van der Waals surface area contributed by atoms with E-state index >= 15 is 0 Å². The van der Waals surface area contributed by atoms with Gasteiger partial charge in [0.1, 0.15) is 5.76 Å². The summed E-state index contributed by atoms with van der Waals surface area (Å²) in [5.41, 5.74) is 0.326. The largest absolute Gasteiger partial charge is 0.469 e. The Hall–Kier alpha value is -2.08. The average molecular weight is 293 g/mol. The summed E-state index contributed by atoms with van der Waals surface area (Å²) in [6, 6.07) is 9.59. The predicted molar refractivity (Wildman–Crippen MR) is 74.3 cm³/mol. The zero-order valence-electron chi connectivity index (χ0n) is 11.0. The Bertz CT molecular complexity index is 690. The van der Waals surface area contributed by atoms with E-state index in [1.54, 1.807) is 24.5 Å². The molecule has 0 bridgehead atoms. The van der Waals surface area contributed by atoms with Crippen LogP contribution in [-0.2, 0) is 16.3 Å². The van der Waals surface area contributed by atoms with E-state index in [9.17, 15) is 13.2 Å². The van der Waals surface area contributed by atoms with Crippen molar-refractivity contribution in [3.05, 3.63) is 54.0 Å². The molecular weight excluding hydrogens is 278 g/mol. The van der Waals surface area contributed by atoms with Crippen LogP contribution in [0.3, 0.4) is 0 Å². The van der Waals surface area contributed by atoms with E-state index in [1.807, 2.05) is 6.07 Å². The lowest BCUT2D eigenvalue weighted by molar-refractivity contribution is 0.0953. The first-order valence-electron chi connectivity index (χ1n) is 6.07. The fourth-order valence-corrected chi connectivity index (χ4v) is 2.39. The quantitative estimate of drug-likeness (QED) is 0.909. The SMILES string of the molecule is CS(=O)(=O)c1cccc(C(=O)NCCc2ccco2)c1. The average Bonchev–Trinajstić information content (AvgIpc) is 2.91. The number of benzene rings is 1. The number of hydrogen-bond donors (Lipinski definition) is 1. The van der Waals surface area contributed by atoms with Crippen LogP contribution < -0.4 is 5.32 Å². The van der Waals surface area contributed by atoms with Gasteiger partial charge in [0.05, 0.1) is 11.2 Å². The zero-order chi connectivity index (χ0) is 14.6. The second-order valence-corrected chi connectivity index (χ2v) is 6.40. The van der Waals surface area contributed by atoms with E-state index in [1.165, 1.54) is 12.1 Å². The van der Waals surface area contributed by atoms with Gasteiger partial charge in [0.2, 0.25) is 0 Å². The molecule has 1 aromatic carbocycles. The third kappa shape index (κ3) is 3.71. The minimum atomic E-state index is -3.31. The van der Waals surface area contributed by atoms with E-state index in [0.717, 1.165) is 12.0 Å². The molecule has 0 aliphatic carbocycles. The van der Waals surface area contributed by atoms with Gasteiger partial charge in [-0.05, 0) is 30.3 Å². The number of rotatable bonds is 5. The van der Waals surface area contributed by atoms with Gasteiger partial charge in [-0.1, -0.05) is 6.07 Å². The number of hydrogen-bond acceptors (Lipinski definition) is 4. The highest BCUT2D eigenvalue weighted by molar-refractivity contribution is 7.90. The van der Waals surface area contributed by atoms with Gasteiger partial charge in [0.25, 0.3) is 5.91 Å². The van der Waals surface area contributed by atoms with Crippen molar-refractivity contribution in [2.75, 3.05) is 12.8 Å². The summed E-state index contributed by atoms with van der Waals surface area (Å²) in [6.45, 7) is 0.426. The van der Waals surface area contributed by atoms with E-state index in [-0.39, 0.29) is 10.8 Å². The summed E-state index contributed by atoms with van der Waals surface area (Å²) in [7, 11) is -3.31. The lowest BCUT2D eigenvalue weighted by atomic mass is 10.2. The highest BCUT2D eigenvalue weighted by atomic mass is 32.2. The van der Waals surface area contributed by atoms with Gasteiger partial charge in [-0.15, -0.1) is 0 Å². The summed E-state index contributed by atoms with van der Waals surface area (Å²) in [5, 5.41) is 2.72. The first-order chi connectivity index (χ1) is 9.47. The van der Waals surface area contributed by atoms with Crippen molar-refractivity contribution in [1.82, 2.24) is 5.32 Å². The van der Waals surface area contributed by atoms with Crippen LogP contribution in [0.25, 0.3) is 0 Å². The lowest BCUT2D eigenvalue weighted by Gasteiger charge is -2.05. The van der Waals surface area contributed by atoms with Gasteiger partial charge in [0, 0.05) is 24.8 Å². The first-order valence-corrected chi connectivity index (χ1v) is 7.96. The topological polar surface area (TPSA) is 76.4 Å². The van der Waals surface area contributed by atoms with Gasteiger partial charge in [-0.25, -0.2) is 8.42 Å². The molecule has 6 heteroatoms. The fourth-order valence-electron chi connectivity index (χ4n) is 1.72. The Morgan fingerprint density at radius 1 is 1.25 bits per heavy atom. The van der Waals surface area contributed by atoms with E-state index in [4.69, 9.17) is 4.42 Å². The summed E-state index contributed by atoms with van der Waals surface area (Å²) < 4.78 is 28.0. The van der Waals surface area contributed by atoms with Crippen molar-refractivity contribution >= 4 is 15.7 Å². The van der Waals surface area contributed by atoms with E-state index < -0.39 is 9.84 Å². The molecule has 0 atom stereocenters. The van der Waals surface area contributed by atoms with Crippen LogP contribution in [0.4, 0.5) is 0 Å². The molecule has 2 rings (SSSR count). The lowest BCUT2D eigenvalue weighted by Crippen LogP contribution is -2.25. The molecule has 1 N–H and O–H groups in total. The fraction of sp³-hybridized carbons (Fsp3) is 0.214. The van der Waals surface area contributed by atoms with Gasteiger partial charge >= 0.3 is 0 Å². The summed E-state index contributed by atoms with van der Waals surface area (Å²) >= 11 is 0. The van der Waals surface area contributed by atoms with Crippen LogP contribution in [0.1, 0.15) is 16.1 Å². The third-order valence-electron chi connectivity index (χ3n) is 2.76. The van der Waals surface area contributed by atoms with Crippen LogP contribution >= 0.6 is 0 Å². The molecule has 106 valence electrons. The van der Waals surface area contributed by atoms with Crippen molar-refractivity contribution in [3.63, 3.8) is 0 Å². The number of furan rings is 1. The molecule has 0 saturated carbocycles. The molecule has 0 fully saturated rings. The molecule has 1 heterocycles. The summed E-state index contributed by atoms with van der Waals surface area (Å²) in [6.07, 6.45) is 3.28. The van der Waals surface area contributed by atoms with Crippen LogP contribution in [0, 0.1) is 0 Å². The minimum Gasteiger partial charge on any atom is -0.469 e. The molecule has 0 unspecified atom stereocenters. The second-order valence-electron chi connectivity index (χ2n) is 4.39. The van der Waals surface area contributed by atoms with Gasteiger partial charge in [-0.2, -0.15) is 0 Å². The van der Waals surface area contributed by atoms with Crippen molar-refractivity contribution < 1.29 is 17.6 Å². The molecule has 1 aromatic heterocycles. The highest BCUT2D eigenvalue weighted by Gasteiger charge is 2.11. The Balaban J connectivity index is 1.99. The smallest absolute Gasteiger partial charge is 0.251 e. The van der Waals surface area contributed by atoms with Crippen LogP contribution in [-0.4, -0.2) is 27.1 Å². The minimum absolute atomic E-state index is 0.135. The first kappa shape index (κ1) is 14.3. The van der Waals surface area contributed by atoms with Crippen molar-refractivity contribution in [2.24, 2.45) is 0 Å². The maximum Gasteiger partial charge on any atom is 0.251 e. The number of carbonyl (C=O) groups excluding carboxylic acids is 1. The molecule has 5 nitrogen and oxygen atoms in total. The Labute approximate surface area is 117 Å². The Morgan fingerprint density at radius 3 is 2.70 bits per heavy atom. The molecule has 0 saturated heterocycles. The van der Waals surface area contributed by atoms with Crippen molar-refractivity contribution in [2.45, 2.75) is 11.3 Å². The van der Waals surface area contributed by atoms with Crippen molar-refractivity contribution in [3.8, 4) is 0 Å². The summed E-state index contributed by atoms with van der Waals surface area (Å²) in [5.74, 6) is 0.484. The maximum atomic E-state index is 11.9. The standard InChI is InChI=1S/C14H15NO4S/c1-20(17,18)13-6-2-4-11(10-13)14(16)15-8-7-12-5-3-9-19-12/h2-6,9-10H,7-8H2,1H3,(H,15,16). The van der Waals surface area contributed by atoms with Gasteiger partial charge < -0.3 is 9.73 Å². The summed E-state index contributed by atoms with van der Waals surface area (Å²) in [4.78, 5) is 12.1. The molecule has 1 amide bonds. The second kappa shape index (κ2) is 5.92. The molecule has 0 aliphatic heterocycles. The van der Waals surface area contributed by atoms with Crippen LogP contribution in [0.15, 0.2) is 52.0 Å². The van der Waals surface area contributed by atoms with E-state index in [2.05, 4.69) is 5.32 Å². The number of amides is 1. The van der Waals surface area contributed by atoms with Gasteiger partial charge in [0.15, 0.2) is 9.84 Å². The van der Waals surface area contributed by atoms with Crippen LogP contribution in [0.2, 0.25) is 0 Å². The predicted octanol–water partition coefficient (Wildman–Crippen LogP) is 1.66. The van der Waals surface area contributed by atoms with Crippen LogP contribution in [0.5, 0.6) is 0 Å². The molecule has 20 heavy (non-hydrogen) atoms. The molecule has 2 aromatic rings. The van der Waals surface area contributed by atoms with E-state index in [0.29, 0.717) is 18.5 Å². The van der Waals surface area contributed by atoms with Gasteiger partial charge in [-0.3, -0.25) is 4.79 Å².